The molecule has 4 heterocycles. The van der Waals surface area contributed by atoms with Gasteiger partial charge in [0.1, 0.15) is 12.5 Å². The van der Waals surface area contributed by atoms with Crippen molar-refractivity contribution in [3.05, 3.63) is 42.4 Å². The van der Waals surface area contributed by atoms with E-state index in [4.69, 9.17) is 0 Å². The van der Waals surface area contributed by atoms with Gasteiger partial charge >= 0.3 is 0 Å². The molecular formula is C27H34F2N6O. The molecule has 3 aromatic rings. The topological polar surface area (TPSA) is 66.3 Å². The number of amides is 1. The van der Waals surface area contributed by atoms with Crippen LogP contribution in [0.1, 0.15) is 32.4 Å². The third kappa shape index (κ3) is 5.13. The molecule has 0 bridgehead atoms. The molecular weight excluding hydrogens is 462 g/mol. The summed E-state index contributed by atoms with van der Waals surface area (Å²) in [7, 11) is 0. The molecule has 1 amide bonds. The molecule has 7 nitrogen and oxygen atoms in total. The maximum absolute atomic E-state index is 15.5. The van der Waals surface area contributed by atoms with Crippen LogP contribution in [0.4, 0.5) is 14.6 Å². The zero-order valence-corrected chi connectivity index (χ0v) is 21.0. The summed E-state index contributed by atoms with van der Waals surface area (Å²) < 4.78 is 30.3. The standard InChI is InChI=1S/C27H34F2N6O/c1-19(2)17-33-8-5-27(29,6-9-33)26(36)32-25-14-22-13-20(3-4-21(22)15-30-25)23-16-31-35-12-11-34(10-7-28)18-24(23)35/h3-4,13-16,19H,5-12,17-18H2,1-2H3,(H,30,32,36). The number of piperidine rings is 1. The Labute approximate surface area is 210 Å². The monoisotopic (exact) mass is 496 g/mol. The fourth-order valence-electron chi connectivity index (χ4n) is 5.29. The minimum absolute atomic E-state index is 0.190. The first kappa shape index (κ1) is 24.8. The molecule has 1 N–H and O–H groups in total. The summed E-state index contributed by atoms with van der Waals surface area (Å²) in [5, 5.41) is 9.07. The third-order valence-electron chi connectivity index (χ3n) is 7.30. The molecule has 1 fully saturated rings. The van der Waals surface area contributed by atoms with Crippen molar-refractivity contribution < 1.29 is 13.6 Å². The average molecular weight is 497 g/mol. The molecule has 5 rings (SSSR count). The zero-order valence-electron chi connectivity index (χ0n) is 21.0. The Morgan fingerprint density at radius 3 is 2.64 bits per heavy atom. The molecule has 2 aliphatic rings. The number of hydrogen-bond acceptors (Lipinski definition) is 5. The van der Waals surface area contributed by atoms with E-state index in [0.717, 1.165) is 47.2 Å². The molecule has 1 aromatic carbocycles. The summed E-state index contributed by atoms with van der Waals surface area (Å²) >= 11 is 0. The van der Waals surface area contributed by atoms with Gasteiger partial charge in [0, 0.05) is 69.3 Å². The first-order valence-electron chi connectivity index (χ1n) is 12.8. The number of nitrogens with zero attached hydrogens (tertiary/aromatic N) is 5. The normalized spacial score (nSPS) is 18.5. The van der Waals surface area contributed by atoms with Crippen molar-refractivity contribution in [3.8, 4) is 11.1 Å². The molecule has 2 aromatic heterocycles. The van der Waals surface area contributed by atoms with E-state index in [1.807, 2.05) is 29.1 Å². The minimum Gasteiger partial charge on any atom is -0.308 e. The van der Waals surface area contributed by atoms with E-state index < -0.39 is 11.6 Å². The number of pyridine rings is 1. The summed E-state index contributed by atoms with van der Waals surface area (Å²) in [4.78, 5) is 21.5. The molecule has 0 atom stereocenters. The van der Waals surface area contributed by atoms with Crippen molar-refractivity contribution in [2.75, 3.05) is 44.7 Å². The van der Waals surface area contributed by atoms with Crippen LogP contribution in [0.5, 0.6) is 0 Å². The summed E-state index contributed by atoms with van der Waals surface area (Å²) in [6.07, 6.45) is 3.93. The Morgan fingerprint density at radius 1 is 1.08 bits per heavy atom. The van der Waals surface area contributed by atoms with Crippen LogP contribution in [0.15, 0.2) is 36.7 Å². The number of fused-ring (bicyclic) bond motifs is 2. The lowest BCUT2D eigenvalue weighted by molar-refractivity contribution is -0.130. The molecule has 36 heavy (non-hydrogen) atoms. The number of anilines is 1. The van der Waals surface area contributed by atoms with Gasteiger partial charge in [0.05, 0.1) is 18.4 Å². The van der Waals surface area contributed by atoms with Gasteiger partial charge in [0.2, 0.25) is 0 Å². The Hall–Kier alpha value is -2.91. The van der Waals surface area contributed by atoms with Crippen LogP contribution < -0.4 is 5.32 Å². The van der Waals surface area contributed by atoms with E-state index in [1.165, 1.54) is 0 Å². The van der Waals surface area contributed by atoms with Crippen LogP contribution in [0.2, 0.25) is 0 Å². The summed E-state index contributed by atoms with van der Waals surface area (Å²) in [5.41, 5.74) is 1.20. The fraction of sp³-hybridized carbons (Fsp3) is 0.519. The number of rotatable bonds is 7. The number of halogens is 2. The van der Waals surface area contributed by atoms with Crippen LogP contribution in [-0.4, -0.2) is 75.5 Å². The third-order valence-corrected chi connectivity index (χ3v) is 7.30. The van der Waals surface area contributed by atoms with Crippen molar-refractivity contribution >= 4 is 22.5 Å². The lowest BCUT2D eigenvalue weighted by Gasteiger charge is -2.36. The Morgan fingerprint density at radius 2 is 1.89 bits per heavy atom. The smallest absolute Gasteiger partial charge is 0.263 e. The number of benzene rings is 1. The second-order valence-electron chi connectivity index (χ2n) is 10.4. The summed E-state index contributed by atoms with van der Waals surface area (Å²) in [6, 6.07) is 7.83. The second kappa shape index (κ2) is 10.2. The van der Waals surface area contributed by atoms with E-state index in [2.05, 4.69) is 39.0 Å². The lowest BCUT2D eigenvalue weighted by atomic mass is 9.92. The predicted octanol–water partition coefficient (Wildman–Crippen LogP) is 4.28. The van der Waals surface area contributed by atoms with Gasteiger partial charge in [-0.3, -0.25) is 14.4 Å². The van der Waals surface area contributed by atoms with Gasteiger partial charge < -0.3 is 10.2 Å². The minimum atomic E-state index is -1.88. The highest BCUT2D eigenvalue weighted by atomic mass is 19.1. The van der Waals surface area contributed by atoms with Gasteiger partial charge in [-0.1, -0.05) is 26.0 Å². The highest BCUT2D eigenvalue weighted by Crippen LogP contribution is 2.31. The number of carbonyl (C=O) groups excluding carboxylic acids is 1. The van der Waals surface area contributed by atoms with E-state index in [9.17, 15) is 9.18 Å². The Bertz CT molecular complexity index is 1230. The molecule has 9 heteroatoms. The van der Waals surface area contributed by atoms with Crippen molar-refractivity contribution in [1.82, 2.24) is 24.6 Å². The molecule has 0 saturated carbocycles. The molecule has 0 aliphatic carbocycles. The number of hydrogen-bond donors (Lipinski definition) is 1. The Kier molecular flexibility index (Phi) is 7.03. The number of alkyl halides is 2. The van der Waals surface area contributed by atoms with Gasteiger partial charge in [0.15, 0.2) is 5.67 Å². The molecule has 1 saturated heterocycles. The van der Waals surface area contributed by atoms with Gasteiger partial charge in [0.25, 0.3) is 5.91 Å². The van der Waals surface area contributed by atoms with Crippen molar-refractivity contribution in [2.24, 2.45) is 5.92 Å². The van der Waals surface area contributed by atoms with Crippen molar-refractivity contribution in [1.29, 1.82) is 0 Å². The molecule has 2 aliphatic heterocycles. The summed E-state index contributed by atoms with van der Waals surface area (Å²) in [6.45, 7) is 8.60. The van der Waals surface area contributed by atoms with Gasteiger partial charge in [-0.05, 0) is 29.0 Å². The van der Waals surface area contributed by atoms with E-state index in [0.29, 0.717) is 37.9 Å². The first-order chi connectivity index (χ1) is 17.3. The lowest BCUT2D eigenvalue weighted by Crippen LogP contribution is -2.49. The van der Waals surface area contributed by atoms with Crippen LogP contribution >= 0.6 is 0 Å². The number of aromatic nitrogens is 3. The zero-order chi connectivity index (χ0) is 25.3. The van der Waals surface area contributed by atoms with E-state index in [-0.39, 0.29) is 19.5 Å². The maximum Gasteiger partial charge on any atom is 0.263 e. The molecule has 192 valence electrons. The fourth-order valence-corrected chi connectivity index (χ4v) is 5.29. The summed E-state index contributed by atoms with van der Waals surface area (Å²) in [5.74, 6) is 0.241. The number of carbonyl (C=O) groups is 1. The Balaban J connectivity index is 1.33. The SMILES string of the molecule is CC(C)CN1CCC(F)(C(=O)Nc2cc3cc(-c4cnn5c4CN(CCF)CC5)ccc3cn2)CC1. The number of likely N-dealkylation sites (tertiary alicyclic amines) is 1. The van der Waals surface area contributed by atoms with Crippen LogP contribution in [0, 0.1) is 5.92 Å². The molecule has 0 spiro atoms. The largest absolute Gasteiger partial charge is 0.308 e. The van der Waals surface area contributed by atoms with Gasteiger partial charge in [-0.2, -0.15) is 5.10 Å². The molecule has 0 unspecified atom stereocenters. The quantitative estimate of drug-likeness (QED) is 0.529. The van der Waals surface area contributed by atoms with Gasteiger partial charge in [-0.15, -0.1) is 0 Å². The van der Waals surface area contributed by atoms with Gasteiger partial charge in [-0.25, -0.2) is 13.8 Å². The van der Waals surface area contributed by atoms with Crippen molar-refractivity contribution in [2.45, 2.75) is 45.4 Å². The average Bonchev–Trinajstić information content (AvgIpc) is 3.28. The second-order valence-corrected chi connectivity index (χ2v) is 10.4. The van der Waals surface area contributed by atoms with E-state index >= 15 is 4.39 Å². The highest BCUT2D eigenvalue weighted by molar-refractivity contribution is 5.98. The highest BCUT2D eigenvalue weighted by Gasteiger charge is 2.41. The van der Waals surface area contributed by atoms with Crippen LogP contribution in [0.3, 0.4) is 0 Å². The first-order valence-corrected chi connectivity index (χ1v) is 12.8. The van der Waals surface area contributed by atoms with Crippen LogP contribution in [0.25, 0.3) is 21.9 Å². The maximum atomic E-state index is 15.5. The number of nitrogens with one attached hydrogen (secondary N) is 1. The van der Waals surface area contributed by atoms with E-state index in [1.54, 1.807) is 12.3 Å². The van der Waals surface area contributed by atoms with Crippen molar-refractivity contribution in [3.63, 3.8) is 0 Å². The van der Waals surface area contributed by atoms with Crippen LogP contribution in [-0.2, 0) is 17.9 Å². The molecule has 0 radical (unpaired) electrons. The predicted molar refractivity (Wildman–Crippen MR) is 137 cm³/mol.